The van der Waals surface area contributed by atoms with Gasteiger partial charge in [0, 0.05) is 5.56 Å². The van der Waals surface area contributed by atoms with Crippen LogP contribution in [0.1, 0.15) is 9.67 Å². The minimum atomic E-state index is -0.212. The average molecular weight is 369 g/mol. The summed E-state index contributed by atoms with van der Waals surface area (Å²) in [5.74, 6) is 1.27. The van der Waals surface area contributed by atoms with E-state index in [-0.39, 0.29) is 5.91 Å². The molecule has 0 radical (unpaired) electrons. The standard InChI is InChI=1S/C19H19N3O3S/c1-24-14-7-9-15(10-8-14)25-12-11-21-18(23)17-16(22-19(20)26-17)13-5-3-2-4-6-13/h2-10H,11-12H2,1H3,(H2,20,22)(H,21,23). The van der Waals surface area contributed by atoms with Gasteiger partial charge >= 0.3 is 0 Å². The van der Waals surface area contributed by atoms with Gasteiger partial charge in [0.25, 0.3) is 5.91 Å². The van der Waals surface area contributed by atoms with Crippen molar-refractivity contribution >= 4 is 22.4 Å². The molecule has 0 unspecified atom stereocenters. The van der Waals surface area contributed by atoms with Crippen molar-refractivity contribution < 1.29 is 14.3 Å². The van der Waals surface area contributed by atoms with Crippen molar-refractivity contribution in [3.05, 3.63) is 59.5 Å². The van der Waals surface area contributed by atoms with Gasteiger partial charge < -0.3 is 20.5 Å². The molecular formula is C19H19N3O3S. The number of anilines is 1. The number of carbonyl (C=O) groups is 1. The molecule has 0 saturated carbocycles. The monoisotopic (exact) mass is 369 g/mol. The van der Waals surface area contributed by atoms with E-state index >= 15 is 0 Å². The molecule has 3 aromatic rings. The van der Waals surface area contributed by atoms with Crippen LogP contribution in [-0.2, 0) is 0 Å². The Morgan fingerprint density at radius 3 is 2.50 bits per heavy atom. The molecule has 0 atom stereocenters. The SMILES string of the molecule is COc1ccc(OCCNC(=O)c2sc(N)nc2-c2ccccc2)cc1. The molecule has 0 saturated heterocycles. The fourth-order valence-corrected chi connectivity index (χ4v) is 3.14. The highest BCUT2D eigenvalue weighted by molar-refractivity contribution is 7.17. The number of thiazole rings is 1. The van der Waals surface area contributed by atoms with Crippen LogP contribution in [-0.4, -0.2) is 31.2 Å². The number of amides is 1. The van der Waals surface area contributed by atoms with Gasteiger partial charge in [-0.15, -0.1) is 0 Å². The van der Waals surface area contributed by atoms with Crippen molar-refractivity contribution in [2.24, 2.45) is 0 Å². The van der Waals surface area contributed by atoms with E-state index in [0.29, 0.717) is 34.6 Å². The number of methoxy groups -OCH3 is 1. The van der Waals surface area contributed by atoms with Crippen LogP contribution in [0.25, 0.3) is 11.3 Å². The van der Waals surface area contributed by atoms with E-state index in [0.717, 1.165) is 11.3 Å². The quantitative estimate of drug-likeness (QED) is 0.625. The van der Waals surface area contributed by atoms with E-state index < -0.39 is 0 Å². The molecule has 7 heteroatoms. The number of nitrogen functional groups attached to an aromatic ring is 1. The summed E-state index contributed by atoms with van der Waals surface area (Å²) in [7, 11) is 1.61. The summed E-state index contributed by atoms with van der Waals surface area (Å²) in [5.41, 5.74) is 7.26. The largest absolute Gasteiger partial charge is 0.497 e. The number of nitrogens with one attached hydrogen (secondary N) is 1. The minimum Gasteiger partial charge on any atom is -0.497 e. The van der Waals surface area contributed by atoms with Gasteiger partial charge in [0.05, 0.1) is 19.3 Å². The van der Waals surface area contributed by atoms with Crippen molar-refractivity contribution in [1.29, 1.82) is 0 Å². The highest BCUT2D eigenvalue weighted by Crippen LogP contribution is 2.29. The number of ether oxygens (including phenoxy) is 2. The topological polar surface area (TPSA) is 86.5 Å². The molecule has 0 aliphatic heterocycles. The summed E-state index contributed by atoms with van der Waals surface area (Å²) in [6, 6.07) is 16.8. The molecule has 2 aromatic carbocycles. The Morgan fingerprint density at radius 2 is 1.81 bits per heavy atom. The van der Waals surface area contributed by atoms with E-state index in [9.17, 15) is 4.79 Å². The third-order valence-corrected chi connectivity index (χ3v) is 4.50. The second-order valence-electron chi connectivity index (χ2n) is 5.38. The lowest BCUT2D eigenvalue weighted by molar-refractivity contribution is 0.0951. The van der Waals surface area contributed by atoms with Crippen LogP contribution >= 0.6 is 11.3 Å². The third-order valence-electron chi connectivity index (χ3n) is 3.61. The zero-order valence-electron chi connectivity index (χ0n) is 14.3. The van der Waals surface area contributed by atoms with Gasteiger partial charge in [0.2, 0.25) is 0 Å². The van der Waals surface area contributed by atoms with Gasteiger partial charge in [-0.3, -0.25) is 4.79 Å². The second kappa shape index (κ2) is 8.35. The maximum Gasteiger partial charge on any atom is 0.263 e. The molecule has 6 nitrogen and oxygen atoms in total. The molecule has 1 amide bonds. The smallest absolute Gasteiger partial charge is 0.263 e. The number of nitrogens with zero attached hydrogens (tertiary/aromatic N) is 1. The Balaban J connectivity index is 1.57. The van der Waals surface area contributed by atoms with Crippen LogP contribution in [0.2, 0.25) is 0 Å². The van der Waals surface area contributed by atoms with E-state index in [1.165, 1.54) is 11.3 Å². The van der Waals surface area contributed by atoms with Crippen LogP contribution in [0.4, 0.5) is 5.13 Å². The predicted octanol–water partition coefficient (Wildman–Crippen LogP) is 3.21. The van der Waals surface area contributed by atoms with E-state index in [1.54, 1.807) is 7.11 Å². The first kappa shape index (κ1) is 17.8. The number of hydrogen-bond donors (Lipinski definition) is 2. The lowest BCUT2D eigenvalue weighted by atomic mass is 10.1. The second-order valence-corrected chi connectivity index (χ2v) is 6.41. The fourth-order valence-electron chi connectivity index (χ4n) is 2.37. The van der Waals surface area contributed by atoms with Gasteiger partial charge in [-0.05, 0) is 24.3 Å². The van der Waals surface area contributed by atoms with Crippen molar-refractivity contribution in [2.75, 3.05) is 26.0 Å². The summed E-state index contributed by atoms with van der Waals surface area (Å²) in [4.78, 5) is 17.3. The fraction of sp³-hybridized carbons (Fsp3) is 0.158. The highest BCUT2D eigenvalue weighted by Gasteiger charge is 2.18. The Labute approximate surface area is 155 Å². The minimum absolute atomic E-state index is 0.212. The molecular weight excluding hydrogens is 350 g/mol. The number of benzene rings is 2. The van der Waals surface area contributed by atoms with E-state index in [1.807, 2.05) is 54.6 Å². The lowest BCUT2D eigenvalue weighted by Gasteiger charge is -2.08. The van der Waals surface area contributed by atoms with Crippen LogP contribution in [0.15, 0.2) is 54.6 Å². The summed E-state index contributed by atoms with van der Waals surface area (Å²) in [6.07, 6.45) is 0. The van der Waals surface area contributed by atoms with Crippen molar-refractivity contribution in [1.82, 2.24) is 10.3 Å². The Morgan fingerprint density at radius 1 is 1.12 bits per heavy atom. The molecule has 0 bridgehead atoms. The lowest BCUT2D eigenvalue weighted by Crippen LogP contribution is -2.27. The Kier molecular flexibility index (Phi) is 5.70. The summed E-state index contributed by atoms with van der Waals surface area (Å²) in [6.45, 7) is 0.726. The van der Waals surface area contributed by atoms with Gasteiger partial charge in [0.1, 0.15) is 23.0 Å². The van der Waals surface area contributed by atoms with Gasteiger partial charge in [-0.25, -0.2) is 4.98 Å². The maximum absolute atomic E-state index is 12.5. The van der Waals surface area contributed by atoms with E-state index in [2.05, 4.69) is 10.3 Å². The number of carbonyl (C=O) groups excluding carboxylic acids is 1. The van der Waals surface area contributed by atoms with Crippen molar-refractivity contribution in [3.8, 4) is 22.8 Å². The van der Waals surface area contributed by atoms with Gasteiger partial charge in [0.15, 0.2) is 5.13 Å². The zero-order chi connectivity index (χ0) is 18.4. The molecule has 1 heterocycles. The average Bonchev–Trinajstić information content (AvgIpc) is 3.08. The first-order valence-corrected chi connectivity index (χ1v) is 8.86. The molecule has 134 valence electrons. The van der Waals surface area contributed by atoms with Gasteiger partial charge in [-0.1, -0.05) is 41.7 Å². The Bertz CT molecular complexity index is 863. The predicted molar refractivity (Wildman–Crippen MR) is 103 cm³/mol. The first-order chi connectivity index (χ1) is 12.7. The molecule has 0 fully saturated rings. The van der Waals surface area contributed by atoms with Gasteiger partial charge in [-0.2, -0.15) is 0 Å². The Hall–Kier alpha value is -3.06. The van der Waals surface area contributed by atoms with Crippen LogP contribution < -0.4 is 20.5 Å². The molecule has 26 heavy (non-hydrogen) atoms. The third kappa shape index (κ3) is 4.31. The van der Waals surface area contributed by atoms with E-state index in [4.69, 9.17) is 15.2 Å². The number of nitrogens with two attached hydrogens (primary N) is 1. The molecule has 0 aliphatic rings. The van der Waals surface area contributed by atoms with Crippen LogP contribution in [0, 0.1) is 0 Å². The van der Waals surface area contributed by atoms with Crippen LogP contribution in [0.5, 0.6) is 11.5 Å². The summed E-state index contributed by atoms with van der Waals surface area (Å²) < 4.78 is 10.7. The zero-order valence-corrected chi connectivity index (χ0v) is 15.1. The molecule has 0 aliphatic carbocycles. The number of rotatable bonds is 7. The van der Waals surface area contributed by atoms with Crippen LogP contribution in [0.3, 0.4) is 0 Å². The highest BCUT2D eigenvalue weighted by atomic mass is 32.1. The molecule has 3 rings (SSSR count). The molecule has 1 aromatic heterocycles. The summed E-state index contributed by atoms with van der Waals surface area (Å²) in [5, 5.41) is 3.21. The maximum atomic E-state index is 12.5. The number of aromatic nitrogens is 1. The molecule has 3 N–H and O–H groups in total. The first-order valence-electron chi connectivity index (χ1n) is 8.04. The van der Waals surface area contributed by atoms with Crippen molar-refractivity contribution in [2.45, 2.75) is 0 Å². The number of hydrogen-bond acceptors (Lipinski definition) is 6. The normalized spacial score (nSPS) is 10.3. The molecule has 0 spiro atoms. The summed E-state index contributed by atoms with van der Waals surface area (Å²) >= 11 is 1.18. The van der Waals surface area contributed by atoms with Crippen molar-refractivity contribution in [3.63, 3.8) is 0 Å².